The number of methoxy groups -OCH3 is 1. The van der Waals surface area contributed by atoms with Crippen LogP contribution in [0.1, 0.15) is 6.92 Å². The van der Waals surface area contributed by atoms with E-state index in [1.807, 2.05) is 0 Å². The number of hydrogen-bond donors (Lipinski definition) is 0. The lowest BCUT2D eigenvalue weighted by molar-refractivity contribution is -0.138. The van der Waals surface area contributed by atoms with Crippen LogP contribution in [0.5, 0.6) is 0 Å². The molecule has 0 aromatic carbocycles. The maximum absolute atomic E-state index is 10.7. The van der Waals surface area contributed by atoms with Gasteiger partial charge in [-0.2, -0.15) is 0 Å². The highest BCUT2D eigenvalue weighted by Crippen LogP contribution is 1.98. The Bertz CT molecular complexity index is 175. The summed E-state index contributed by atoms with van der Waals surface area (Å²) in [6, 6.07) is 0. The average Bonchev–Trinajstić information content (AvgIpc) is 2.00. The predicted octanol–water partition coefficient (Wildman–Crippen LogP) is 0.804. The highest BCUT2D eigenvalue weighted by Gasteiger charge is 2.10. The zero-order valence-corrected chi connectivity index (χ0v) is 6.36. The normalized spacial score (nSPS) is 10.5. The maximum Gasteiger partial charge on any atom is 0.363 e. The molecule has 5 nitrogen and oxygen atoms in total. The molecule has 0 unspecified atom stereocenters. The molecular formula is C6H9NO4. The van der Waals surface area contributed by atoms with E-state index in [2.05, 4.69) is 14.7 Å². The van der Waals surface area contributed by atoms with Crippen molar-refractivity contribution in [1.29, 1.82) is 0 Å². The van der Waals surface area contributed by atoms with E-state index in [0.29, 0.717) is 0 Å². The van der Waals surface area contributed by atoms with Crippen LogP contribution in [-0.4, -0.2) is 19.7 Å². The van der Waals surface area contributed by atoms with Gasteiger partial charge in [0.15, 0.2) is 0 Å². The third-order valence-corrected chi connectivity index (χ3v) is 0.812. The Labute approximate surface area is 64.0 Å². The molecule has 0 saturated carbocycles. The van der Waals surface area contributed by atoms with E-state index >= 15 is 0 Å². The number of ether oxygens (including phenoxy) is 2. The molecule has 0 aliphatic rings. The number of rotatable bonds is 4. The van der Waals surface area contributed by atoms with Crippen LogP contribution >= 0.6 is 0 Å². The third kappa shape index (κ3) is 3.34. The number of nitrogens with zero attached hydrogens (tertiary/aromatic N) is 1. The standard InChI is InChI=1S/C6H9NO4/c1-3-11-6(8)5(7-9)4-10-2/h4H,3H2,1-2H3. The molecule has 0 bridgehead atoms. The van der Waals surface area contributed by atoms with E-state index < -0.39 is 5.97 Å². The minimum absolute atomic E-state index is 0.204. The quantitative estimate of drug-likeness (QED) is 0.263. The molecule has 0 fully saturated rings. The lowest BCUT2D eigenvalue weighted by Gasteiger charge is -1.97. The highest BCUT2D eigenvalue weighted by atomic mass is 16.5. The average molecular weight is 159 g/mol. The first-order chi connectivity index (χ1) is 5.26. The van der Waals surface area contributed by atoms with Crippen molar-refractivity contribution < 1.29 is 14.3 Å². The summed E-state index contributed by atoms with van der Waals surface area (Å²) in [6.07, 6.45) is 0.936. The summed E-state index contributed by atoms with van der Waals surface area (Å²) in [5.74, 6) is -0.774. The van der Waals surface area contributed by atoms with Crippen molar-refractivity contribution in [3.05, 3.63) is 16.9 Å². The van der Waals surface area contributed by atoms with Gasteiger partial charge in [-0.15, -0.1) is 4.91 Å². The summed E-state index contributed by atoms with van der Waals surface area (Å²) in [4.78, 5) is 20.6. The van der Waals surface area contributed by atoms with Gasteiger partial charge in [0.1, 0.15) is 6.26 Å². The summed E-state index contributed by atoms with van der Waals surface area (Å²) in [6.45, 7) is 1.84. The lowest BCUT2D eigenvalue weighted by atomic mass is 10.5. The fraction of sp³-hybridized carbons (Fsp3) is 0.500. The summed E-state index contributed by atoms with van der Waals surface area (Å²) in [5.41, 5.74) is -0.366. The van der Waals surface area contributed by atoms with Gasteiger partial charge in [-0.05, 0) is 12.1 Å². The zero-order valence-electron chi connectivity index (χ0n) is 6.36. The highest BCUT2D eigenvalue weighted by molar-refractivity contribution is 5.87. The minimum Gasteiger partial charge on any atom is -0.502 e. The topological polar surface area (TPSA) is 65.0 Å². The Morgan fingerprint density at radius 3 is 2.64 bits per heavy atom. The molecule has 5 heteroatoms. The largest absolute Gasteiger partial charge is 0.502 e. The van der Waals surface area contributed by atoms with E-state index in [9.17, 15) is 9.70 Å². The molecule has 0 aromatic rings. The summed E-state index contributed by atoms with van der Waals surface area (Å²) in [7, 11) is 1.31. The van der Waals surface area contributed by atoms with E-state index in [1.54, 1.807) is 6.92 Å². The van der Waals surface area contributed by atoms with Gasteiger partial charge in [0.25, 0.3) is 0 Å². The Hall–Kier alpha value is -1.39. The second-order valence-corrected chi connectivity index (χ2v) is 1.55. The van der Waals surface area contributed by atoms with Crippen molar-refractivity contribution in [2.24, 2.45) is 5.18 Å². The Morgan fingerprint density at radius 1 is 1.64 bits per heavy atom. The molecule has 0 aliphatic carbocycles. The van der Waals surface area contributed by atoms with Crippen molar-refractivity contribution >= 4 is 5.97 Å². The van der Waals surface area contributed by atoms with Crippen LogP contribution in [0.25, 0.3) is 0 Å². The van der Waals surface area contributed by atoms with Crippen molar-refractivity contribution in [2.45, 2.75) is 6.92 Å². The first-order valence-electron chi connectivity index (χ1n) is 2.99. The van der Waals surface area contributed by atoms with E-state index in [1.165, 1.54) is 7.11 Å². The van der Waals surface area contributed by atoms with E-state index in [4.69, 9.17) is 0 Å². The second-order valence-electron chi connectivity index (χ2n) is 1.55. The molecule has 0 amide bonds. The number of hydrogen-bond acceptors (Lipinski definition) is 5. The van der Waals surface area contributed by atoms with Gasteiger partial charge in [0.05, 0.1) is 13.7 Å². The molecule has 0 rings (SSSR count). The van der Waals surface area contributed by atoms with Crippen molar-refractivity contribution in [3.63, 3.8) is 0 Å². The molecule has 0 aliphatic heterocycles. The fourth-order valence-corrected chi connectivity index (χ4v) is 0.424. The van der Waals surface area contributed by atoms with Crippen LogP contribution in [0.2, 0.25) is 0 Å². The molecule has 62 valence electrons. The fourth-order valence-electron chi connectivity index (χ4n) is 0.424. The van der Waals surface area contributed by atoms with Crippen molar-refractivity contribution in [1.82, 2.24) is 0 Å². The Kier molecular flexibility index (Phi) is 4.72. The van der Waals surface area contributed by atoms with Gasteiger partial charge in [0, 0.05) is 0 Å². The minimum atomic E-state index is -0.774. The number of esters is 1. The summed E-state index contributed by atoms with van der Waals surface area (Å²) in [5, 5.41) is 2.41. The molecule has 0 heterocycles. The molecule has 11 heavy (non-hydrogen) atoms. The van der Waals surface area contributed by atoms with Crippen LogP contribution in [0.4, 0.5) is 0 Å². The lowest BCUT2D eigenvalue weighted by Crippen LogP contribution is -2.05. The van der Waals surface area contributed by atoms with Gasteiger partial charge in [-0.1, -0.05) is 0 Å². The number of nitroso groups, excluding NO2 is 1. The smallest absolute Gasteiger partial charge is 0.363 e. The van der Waals surface area contributed by atoms with Crippen LogP contribution in [0.3, 0.4) is 0 Å². The zero-order chi connectivity index (χ0) is 8.69. The molecule has 0 radical (unpaired) electrons. The Morgan fingerprint density at radius 2 is 2.27 bits per heavy atom. The predicted molar refractivity (Wildman–Crippen MR) is 37.5 cm³/mol. The molecule has 0 atom stereocenters. The van der Waals surface area contributed by atoms with E-state index in [-0.39, 0.29) is 12.3 Å². The first kappa shape index (κ1) is 9.61. The summed E-state index contributed by atoms with van der Waals surface area (Å²) >= 11 is 0. The third-order valence-electron chi connectivity index (χ3n) is 0.812. The Balaban J connectivity index is 4.14. The molecular weight excluding hydrogens is 150 g/mol. The SMILES string of the molecule is CCOC(=O)C(=COC)N=O. The molecule has 0 aromatic heterocycles. The first-order valence-corrected chi connectivity index (χ1v) is 2.99. The van der Waals surface area contributed by atoms with Crippen LogP contribution < -0.4 is 0 Å². The monoisotopic (exact) mass is 159 g/mol. The van der Waals surface area contributed by atoms with Gasteiger partial charge < -0.3 is 9.47 Å². The molecule has 0 N–H and O–H groups in total. The van der Waals surface area contributed by atoms with Crippen LogP contribution in [0.15, 0.2) is 17.1 Å². The second kappa shape index (κ2) is 5.40. The number of carbonyl (C=O) groups is 1. The van der Waals surface area contributed by atoms with E-state index in [0.717, 1.165) is 6.26 Å². The van der Waals surface area contributed by atoms with Gasteiger partial charge >= 0.3 is 5.97 Å². The van der Waals surface area contributed by atoms with Gasteiger partial charge in [-0.25, -0.2) is 4.79 Å². The van der Waals surface area contributed by atoms with Crippen LogP contribution in [0, 0.1) is 4.91 Å². The summed E-state index contributed by atoms with van der Waals surface area (Å²) < 4.78 is 8.87. The van der Waals surface area contributed by atoms with Crippen molar-refractivity contribution in [2.75, 3.05) is 13.7 Å². The molecule has 0 saturated heterocycles. The van der Waals surface area contributed by atoms with Crippen molar-refractivity contribution in [3.8, 4) is 0 Å². The molecule has 0 spiro atoms. The van der Waals surface area contributed by atoms with Gasteiger partial charge in [-0.3, -0.25) is 0 Å². The van der Waals surface area contributed by atoms with Crippen LogP contribution in [-0.2, 0) is 14.3 Å². The van der Waals surface area contributed by atoms with Gasteiger partial charge in [0.2, 0.25) is 5.70 Å². The number of carbonyl (C=O) groups excluding carboxylic acids is 1. The maximum atomic E-state index is 10.7.